The number of hydrogen-bond donors (Lipinski definition) is 0. The Labute approximate surface area is 111 Å². The van der Waals surface area contributed by atoms with Gasteiger partial charge in [0, 0.05) is 5.56 Å². The van der Waals surface area contributed by atoms with Gasteiger partial charge in [-0.25, -0.2) is 0 Å². The van der Waals surface area contributed by atoms with Crippen molar-refractivity contribution >= 4 is 5.78 Å². The van der Waals surface area contributed by atoms with E-state index in [9.17, 15) is 4.79 Å². The van der Waals surface area contributed by atoms with Crippen molar-refractivity contribution in [1.29, 1.82) is 0 Å². The number of rotatable bonds is 8. The second-order valence-corrected chi connectivity index (χ2v) is 4.88. The minimum atomic E-state index is 0.0157. The molecule has 0 spiro atoms. The minimum Gasteiger partial charge on any atom is -0.289 e. The minimum absolute atomic E-state index is 0.0157. The summed E-state index contributed by atoms with van der Waals surface area (Å²) in [6, 6.07) is 6.14. The third-order valence-corrected chi connectivity index (χ3v) is 3.31. The van der Waals surface area contributed by atoms with E-state index in [1.165, 1.54) is 43.7 Å². The molecule has 1 heteroatoms. The molecule has 0 radical (unpaired) electrons. The van der Waals surface area contributed by atoms with Crippen LogP contribution in [0.5, 0.6) is 0 Å². The Morgan fingerprint density at radius 1 is 1.22 bits per heavy atom. The molecule has 0 aliphatic heterocycles. The summed E-state index contributed by atoms with van der Waals surface area (Å²) >= 11 is 0. The maximum Gasteiger partial charge on any atom is 0.185 e. The molecule has 0 N–H and O–H groups in total. The van der Waals surface area contributed by atoms with E-state index in [1.54, 1.807) is 0 Å². The zero-order valence-corrected chi connectivity index (χ0v) is 11.7. The molecule has 0 aliphatic rings. The zero-order chi connectivity index (χ0) is 13.4. The van der Waals surface area contributed by atoms with E-state index >= 15 is 0 Å². The molecule has 98 valence electrons. The fraction of sp³-hybridized carbons (Fsp3) is 0.471. The Kier molecular flexibility index (Phi) is 6.42. The van der Waals surface area contributed by atoms with Gasteiger partial charge in [0.25, 0.3) is 0 Å². The van der Waals surface area contributed by atoms with Crippen LogP contribution in [0.1, 0.15) is 60.5 Å². The third-order valence-electron chi connectivity index (χ3n) is 3.31. The van der Waals surface area contributed by atoms with Crippen molar-refractivity contribution in [3.63, 3.8) is 0 Å². The van der Waals surface area contributed by atoms with Crippen molar-refractivity contribution in [2.75, 3.05) is 0 Å². The maximum absolute atomic E-state index is 11.6. The molecule has 0 amide bonds. The molecule has 0 aromatic heterocycles. The molecule has 0 bridgehead atoms. The maximum atomic E-state index is 11.6. The molecule has 18 heavy (non-hydrogen) atoms. The number of hydrogen-bond acceptors (Lipinski definition) is 1. The predicted molar refractivity (Wildman–Crippen MR) is 78.2 cm³/mol. The van der Waals surface area contributed by atoms with Gasteiger partial charge in [0.05, 0.1) is 0 Å². The van der Waals surface area contributed by atoms with Crippen LogP contribution in [0.3, 0.4) is 0 Å². The molecule has 0 saturated heterocycles. The zero-order valence-electron chi connectivity index (χ0n) is 11.7. The first-order valence-corrected chi connectivity index (χ1v) is 6.95. The highest BCUT2D eigenvalue weighted by molar-refractivity contribution is 6.05. The molecule has 0 unspecified atom stereocenters. The van der Waals surface area contributed by atoms with E-state index in [1.807, 2.05) is 13.0 Å². The normalized spacial score (nSPS) is 10.3. The van der Waals surface area contributed by atoms with Gasteiger partial charge in [-0.1, -0.05) is 57.4 Å². The average Bonchev–Trinajstić information content (AvgIpc) is 2.38. The number of ketones is 1. The molecule has 0 saturated carbocycles. The fourth-order valence-corrected chi connectivity index (χ4v) is 2.20. The molecular formula is C17H24O. The fourth-order valence-electron chi connectivity index (χ4n) is 2.20. The van der Waals surface area contributed by atoms with Crippen molar-refractivity contribution in [1.82, 2.24) is 0 Å². The average molecular weight is 244 g/mol. The number of aryl methyl sites for hydroxylation is 2. The number of carbonyl (C=O) groups is 1. The second kappa shape index (κ2) is 7.86. The Morgan fingerprint density at radius 2 is 1.94 bits per heavy atom. The Morgan fingerprint density at radius 3 is 2.56 bits per heavy atom. The van der Waals surface area contributed by atoms with E-state index in [0.29, 0.717) is 0 Å². The Balaban J connectivity index is 2.51. The van der Waals surface area contributed by atoms with Gasteiger partial charge in [-0.15, -0.1) is 0 Å². The highest BCUT2D eigenvalue weighted by Crippen LogP contribution is 2.15. The van der Waals surface area contributed by atoms with Gasteiger partial charge in [-0.05, 0) is 37.0 Å². The first-order chi connectivity index (χ1) is 8.69. The number of allylic oxidation sites excluding steroid dienone is 1. The summed E-state index contributed by atoms with van der Waals surface area (Å²) in [5.41, 5.74) is 3.18. The molecule has 1 aromatic carbocycles. The predicted octanol–water partition coefficient (Wildman–Crippen LogP) is 4.88. The van der Waals surface area contributed by atoms with E-state index in [-0.39, 0.29) is 5.78 Å². The molecule has 0 atom stereocenters. The van der Waals surface area contributed by atoms with Gasteiger partial charge >= 0.3 is 0 Å². The van der Waals surface area contributed by atoms with Gasteiger partial charge in [-0.3, -0.25) is 4.79 Å². The first-order valence-electron chi connectivity index (χ1n) is 6.95. The van der Waals surface area contributed by atoms with Crippen LogP contribution < -0.4 is 0 Å². The molecule has 0 aliphatic carbocycles. The summed E-state index contributed by atoms with van der Waals surface area (Å²) in [5, 5.41) is 0. The first kappa shape index (κ1) is 14.7. The van der Waals surface area contributed by atoms with Crippen LogP contribution in [0, 0.1) is 6.92 Å². The lowest BCUT2D eigenvalue weighted by Gasteiger charge is -2.06. The quantitative estimate of drug-likeness (QED) is 0.362. The lowest BCUT2D eigenvalue weighted by Crippen LogP contribution is -1.98. The van der Waals surface area contributed by atoms with Gasteiger partial charge in [0.1, 0.15) is 0 Å². The van der Waals surface area contributed by atoms with Crippen LogP contribution in [-0.4, -0.2) is 5.78 Å². The topological polar surface area (TPSA) is 17.1 Å². The summed E-state index contributed by atoms with van der Waals surface area (Å²) in [4.78, 5) is 11.6. The standard InChI is InChI=1S/C17H24O/c1-4-6-7-8-9-10-15-11-12-16(14(3)13-15)17(18)5-2/h5,11-13H,2,4,6-10H2,1,3H3. The van der Waals surface area contributed by atoms with Gasteiger partial charge in [0.2, 0.25) is 0 Å². The lowest BCUT2D eigenvalue weighted by molar-refractivity contribution is 0.104. The van der Waals surface area contributed by atoms with Crippen LogP contribution in [0.25, 0.3) is 0 Å². The van der Waals surface area contributed by atoms with Crippen molar-refractivity contribution in [2.24, 2.45) is 0 Å². The van der Waals surface area contributed by atoms with Crippen LogP contribution >= 0.6 is 0 Å². The summed E-state index contributed by atoms with van der Waals surface area (Å²) in [6.45, 7) is 7.76. The second-order valence-electron chi connectivity index (χ2n) is 4.88. The van der Waals surface area contributed by atoms with Crippen LogP contribution in [0.2, 0.25) is 0 Å². The van der Waals surface area contributed by atoms with E-state index in [2.05, 4.69) is 25.6 Å². The highest BCUT2D eigenvalue weighted by atomic mass is 16.1. The molecular weight excluding hydrogens is 220 g/mol. The van der Waals surface area contributed by atoms with E-state index in [4.69, 9.17) is 0 Å². The van der Waals surface area contributed by atoms with Crippen LogP contribution in [-0.2, 0) is 6.42 Å². The molecule has 1 nitrogen and oxygen atoms in total. The summed E-state index contributed by atoms with van der Waals surface area (Å²) < 4.78 is 0. The lowest BCUT2D eigenvalue weighted by atomic mass is 9.98. The largest absolute Gasteiger partial charge is 0.289 e. The molecule has 1 rings (SSSR count). The van der Waals surface area contributed by atoms with Gasteiger partial charge < -0.3 is 0 Å². The van der Waals surface area contributed by atoms with Crippen molar-refractivity contribution < 1.29 is 4.79 Å². The van der Waals surface area contributed by atoms with Crippen LogP contribution in [0.4, 0.5) is 0 Å². The Hall–Kier alpha value is -1.37. The number of benzene rings is 1. The summed E-state index contributed by atoms with van der Waals surface area (Å²) in [6.07, 6.45) is 9.01. The van der Waals surface area contributed by atoms with E-state index < -0.39 is 0 Å². The van der Waals surface area contributed by atoms with Gasteiger partial charge in [0.15, 0.2) is 5.78 Å². The summed E-state index contributed by atoms with van der Waals surface area (Å²) in [5.74, 6) is 0.0157. The van der Waals surface area contributed by atoms with E-state index in [0.717, 1.165) is 17.5 Å². The van der Waals surface area contributed by atoms with Crippen molar-refractivity contribution in [3.05, 3.63) is 47.5 Å². The molecule has 1 aromatic rings. The van der Waals surface area contributed by atoms with Gasteiger partial charge in [-0.2, -0.15) is 0 Å². The van der Waals surface area contributed by atoms with Crippen molar-refractivity contribution in [2.45, 2.75) is 52.4 Å². The smallest absolute Gasteiger partial charge is 0.185 e. The SMILES string of the molecule is C=CC(=O)c1ccc(CCCCCCC)cc1C. The summed E-state index contributed by atoms with van der Waals surface area (Å²) in [7, 11) is 0. The van der Waals surface area contributed by atoms with Crippen molar-refractivity contribution in [3.8, 4) is 0 Å². The molecule has 0 fully saturated rings. The highest BCUT2D eigenvalue weighted by Gasteiger charge is 2.05. The number of carbonyl (C=O) groups excluding carboxylic acids is 1. The molecule has 0 heterocycles. The third kappa shape index (κ3) is 4.48. The Bertz CT molecular complexity index is 404. The number of unbranched alkanes of at least 4 members (excludes halogenated alkanes) is 4. The monoisotopic (exact) mass is 244 g/mol. The van der Waals surface area contributed by atoms with Crippen LogP contribution in [0.15, 0.2) is 30.9 Å².